The lowest BCUT2D eigenvalue weighted by Crippen LogP contribution is -2.09. The van der Waals surface area contributed by atoms with Gasteiger partial charge in [0, 0.05) is 23.7 Å². The highest BCUT2D eigenvalue weighted by Gasteiger charge is 2.14. The number of anilines is 1. The van der Waals surface area contributed by atoms with E-state index in [0.29, 0.717) is 18.8 Å². The molecular weight excluding hydrogens is 418 g/mol. The predicted octanol–water partition coefficient (Wildman–Crippen LogP) is 4.49. The number of amides is 1. The number of nitrogens with zero attached hydrogens (tertiary/aromatic N) is 2. The molecule has 0 fully saturated rings. The smallest absolute Gasteiger partial charge is 0.310 e. The van der Waals surface area contributed by atoms with E-state index >= 15 is 0 Å². The van der Waals surface area contributed by atoms with Crippen LogP contribution >= 0.6 is 0 Å². The average Bonchev–Trinajstić information content (AvgIpc) is 3.14. The van der Waals surface area contributed by atoms with Crippen molar-refractivity contribution in [2.24, 2.45) is 7.05 Å². The molecule has 0 aliphatic rings. The molecule has 0 unspecified atom stereocenters. The summed E-state index contributed by atoms with van der Waals surface area (Å²) in [7, 11) is 1.90. The van der Waals surface area contributed by atoms with E-state index in [0.717, 1.165) is 39.0 Å². The van der Waals surface area contributed by atoms with Crippen LogP contribution in [0.5, 0.6) is 5.75 Å². The van der Waals surface area contributed by atoms with Gasteiger partial charge >= 0.3 is 5.97 Å². The Morgan fingerprint density at radius 2 is 1.88 bits per heavy atom. The highest BCUT2D eigenvalue weighted by atomic mass is 16.5. The van der Waals surface area contributed by atoms with E-state index in [1.807, 2.05) is 72.4 Å². The van der Waals surface area contributed by atoms with E-state index in [9.17, 15) is 9.59 Å². The van der Waals surface area contributed by atoms with Crippen molar-refractivity contribution in [3.63, 3.8) is 0 Å². The number of benzene rings is 3. The topological polar surface area (TPSA) is 82.4 Å². The summed E-state index contributed by atoms with van der Waals surface area (Å²) in [6.07, 6.45) is 0.820. The van der Waals surface area contributed by atoms with Crippen molar-refractivity contribution < 1.29 is 19.1 Å². The Kier molecular flexibility index (Phi) is 6.69. The van der Waals surface area contributed by atoms with Gasteiger partial charge < -0.3 is 14.8 Å². The van der Waals surface area contributed by atoms with Gasteiger partial charge in [-0.2, -0.15) is 5.10 Å². The number of hydrogen-bond donors (Lipinski definition) is 1. The molecule has 0 aliphatic carbocycles. The van der Waals surface area contributed by atoms with Crippen molar-refractivity contribution >= 4 is 29.0 Å². The van der Waals surface area contributed by atoms with Crippen LogP contribution in [0.15, 0.2) is 66.7 Å². The van der Waals surface area contributed by atoms with E-state index in [1.54, 1.807) is 6.92 Å². The number of hydrogen-bond acceptors (Lipinski definition) is 5. The van der Waals surface area contributed by atoms with Crippen LogP contribution in [0.2, 0.25) is 0 Å². The minimum atomic E-state index is -0.284. The highest BCUT2D eigenvalue weighted by Crippen LogP contribution is 2.29. The van der Waals surface area contributed by atoms with E-state index in [4.69, 9.17) is 9.47 Å². The largest absolute Gasteiger partial charge is 0.487 e. The van der Waals surface area contributed by atoms with Gasteiger partial charge in [-0.25, -0.2) is 0 Å². The zero-order valence-electron chi connectivity index (χ0n) is 18.6. The zero-order chi connectivity index (χ0) is 23.2. The number of ether oxygens (including phenoxy) is 2. The number of para-hydroxylation sites is 1. The molecule has 1 heterocycles. The van der Waals surface area contributed by atoms with Crippen molar-refractivity contribution in [2.75, 3.05) is 11.9 Å². The molecule has 4 rings (SSSR count). The molecule has 0 atom stereocenters. The molecule has 0 bridgehead atoms. The van der Waals surface area contributed by atoms with Crippen molar-refractivity contribution in [2.45, 2.75) is 20.0 Å². The fourth-order valence-corrected chi connectivity index (χ4v) is 3.79. The van der Waals surface area contributed by atoms with E-state index in [-0.39, 0.29) is 19.0 Å². The van der Waals surface area contributed by atoms with Crippen LogP contribution in [-0.4, -0.2) is 28.8 Å². The second-order valence-electron chi connectivity index (χ2n) is 7.52. The molecule has 33 heavy (non-hydrogen) atoms. The van der Waals surface area contributed by atoms with Crippen LogP contribution in [-0.2, 0) is 34.4 Å². The first-order valence-corrected chi connectivity index (χ1v) is 10.7. The van der Waals surface area contributed by atoms with Gasteiger partial charge in [0.25, 0.3) is 0 Å². The van der Waals surface area contributed by atoms with E-state index < -0.39 is 0 Å². The third kappa shape index (κ3) is 5.03. The van der Waals surface area contributed by atoms with E-state index in [1.165, 1.54) is 0 Å². The summed E-state index contributed by atoms with van der Waals surface area (Å²) in [5.41, 5.74) is 5.28. The summed E-state index contributed by atoms with van der Waals surface area (Å²) in [4.78, 5) is 22.7. The average molecular weight is 444 g/mol. The first-order chi connectivity index (χ1) is 16.1. The molecule has 1 amide bonds. The summed E-state index contributed by atoms with van der Waals surface area (Å²) in [5, 5.41) is 8.31. The third-order valence-corrected chi connectivity index (χ3v) is 5.33. The molecule has 168 valence electrons. The Hall–Kier alpha value is -4.13. The van der Waals surface area contributed by atoms with Crippen LogP contribution < -0.4 is 10.1 Å². The molecule has 1 N–H and O–H groups in total. The fourth-order valence-electron chi connectivity index (χ4n) is 3.79. The Balaban J connectivity index is 1.61. The molecule has 1 aromatic heterocycles. The van der Waals surface area contributed by atoms with Gasteiger partial charge in [0.1, 0.15) is 18.1 Å². The Bertz CT molecular complexity index is 1300. The third-order valence-electron chi connectivity index (χ3n) is 5.33. The first kappa shape index (κ1) is 22.1. The Morgan fingerprint density at radius 1 is 1.06 bits per heavy atom. The molecule has 0 spiro atoms. The fraction of sp³-hybridized carbons (Fsp3) is 0.192. The number of nitrogens with one attached hydrogen (secondary N) is 1. The summed E-state index contributed by atoms with van der Waals surface area (Å²) in [5.74, 6) is 0.348. The Morgan fingerprint density at radius 3 is 2.70 bits per heavy atom. The van der Waals surface area contributed by atoms with Crippen LogP contribution in [0.1, 0.15) is 18.2 Å². The number of carbonyl (C=O) groups is 2. The van der Waals surface area contributed by atoms with Gasteiger partial charge in [0.2, 0.25) is 6.41 Å². The number of carbonyl (C=O) groups excluding carboxylic acids is 2. The molecule has 0 radical (unpaired) electrons. The van der Waals surface area contributed by atoms with Gasteiger partial charge in [-0.05, 0) is 48.4 Å². The van der Waals surface area contributed by atoms with Crippen molar-refractivity contribution in [3.8, 4) is 16.9 Å². The van der Waals surface area contributed by atoms with Crippen molar-refractivity contribution in [1.29, 1.82) is 0 Å². The van der Waals surface area contributed by atoms with Crippen LogP contribution in [0.3, 0.4) is 0 Å². The maximum Gasteiger partial charge on any atom is 0.310 e. The normalized spacial score (nSPS) is 10.7. The lowest BCUT2D eigenvalue weighted by Gasteiger charge is -2.10. The summed E-state index contributed by atoms with van der Waals surface area (Å²) < 4.78 is 13.0. The SMILES string of the molecule is CCOC(=O)Cc1ccccc1OCc1nn(C)c2ccc(-c3cccc(NC=O)c3)cc12. The molecule has 4 aromatic rings. The highest BCUT2D eigenvalue weighted by molar-refractivity contribution is 5.88. The van der Waals surface area contributed by atoms with Gasteiger partial charge in [-0.1, -0.05) is 36.4 Å². The summed E-state index contributed by atoms with van der Waals surface area (Å²) in [6.45, 7) is 2.39. The minimum absolute atomic E-state index is 0.155. The molecule has 0 saturated carbocycles. The zero-order valence-corrected chi connectivity index (χ0v) is 18.6. The number of aryl methyl sites for hydroxylation is 1. The van der Waals surface area contributed by atoms with E-state index in [2.05, 4.69) is 16.5 Å². The number of fused-ring (bicyclic) bond motifs is 1. The quantitative estimate of drug-likeness (QED) is 0.304. The molecule has 0 saturated heterocycles. The number of esters is 1. The lowest BCUT2D eigenvalue weighted by molar-refractivity contribution is -0.142. The first-order valence-electron chi connectivity index (χ1n) is 10.7. The summed E-state index contributed by atoms with van der Waals surface area (Å²) in [6, 6.07) is 21.2. The van der Waals surface area contributed by atoms with Gasteiger partial charge in [-0.15, -0.1) is 0 Å². The maximum absolute atomic E-state index is 11.9. The van der Waals surface area contributed by atoms with Crippen molar-refractivity contribution in [3.05, 3.63) is 78.0 Å². The Labute approximate surface area is 191 Å². The summed E-state index contributed by atoms with van der Waals surface area (Å²) >= 11 is 0. The second kappa shape index (κ2) is 9.99. The van der Waals surface area contributed by atoms with Gasteiger partial charge in [0.15, 0.2) is 0 Å². The van der Waals surface area contributed by atoms with Crippen LogP contribution in [0.4, 0.5) is 5.69 Å². The molecule has 0 aliphatic heterocycles. The molecule has 3 aromatic carbocycles. The number of rotatable bonds is 9. The molecule has 7 heteroatoms. The van der Waals surface area contributed by atoms with Crippen LogP contribution in [0, 0.1) is 0 Å². The van der Waals surface area contributed by atoms with Gasteiger partial charge in [0.05, 0.1) is 18.5 Å². The van der Waals surface area contributed by atoms with Gasteiger partial charge in [-0.3, -0.25) is 14.3 Å². The second-order valence-corrected chi connectivity index (χ2v) is 7.52. The standard InChI is InChI=1S/C26H25N3O4/c1-3-32-26(31)15-20-7-4-5-10-25(20)33-16-23-22-14-19(11-12-24(22)29(2)28-23)18-8-6-9-21(13-18)27-17-30/h4-14,17H,3,15-16H2,1-2H3,(H,27,30). The van der Waals surface area contributed by atoms with Crippen molar-refractivity contribution in [1.82, 2.24) is 9.78 Å². The molecular formula is C26H25N3O4. The van der Waals surface area contributed by atoms with Crippen LogP contribution in [0.25, 0.3) is 22.0 Å². The molecule has 7 nitrogen and oxygen atoms in total. The maximum atomic E-state index is 11.9. The number of aromatic nitrogens is 2. The minimum Gasteiger partial charge on any atom is -0.487 e. The predicted molar refractivity (Wildman–Crippen MR) is 127 cm³/mol. The monoisotopic (exact) mass is 443 g/mol. The lowest BCUT2D eigenvalue weighted by atomic mass is 10.0.